The van der Waals surface area contributed by atoms with E-state index in [1.165, 1.54) is 28.4 Å². The fourth-order valence-electron chi connectivity index (χ4n) is 7.08. The Morgan fingerprint density at radius 3 is 1.91 bits per heavy atom. The van der Waals surface area contributed by atoms with Gasteiger partial charge in [0, 0.05) is 12.5 Å². The maximum absolute atomic E-state index is 13.9. The highest BCUT2D eigenvalue weighted by Crippen LogP contribution is 2.44. The van der Waals surface area contributed by atoms with Crippen molar-refractivity contribution in [3.8, 4) is 11.1 Å². The van der Waals surface area contributed by atoms with Gasteiger partial charge in [0.25, 0.3) is 0 Å². The SMILES string of the molecule is CSCC[C@H](NC(=O)OCC1c2ccccc2-c2ccccc21)C(=O)NCC(=O)N[C@@H](CC(C)C)C(=O)N1CCC[C@H]1C(=O)N[C@@H](CCSC)C(=O)NCC(=O)O. The summed E-state index contributed by atoms with van der Waals surface area (Å²) in [5, 5.41) is 21.9. The van der Waals surface area contributed by atoms with Gasteiger partial charge in [-0.25, -0.2) is 4.79 Å². The van der Waals surface area contributed by atoms with Crippen LogP contribution >= 0.6 is 23.5 Å². The molecule has 1 aliphatic carbocycles. The first-order chi connectivity index (χ1) is 27.3. The Hall–Kier alpha value is -4.77. The van der Waals surface area contributed by atoms with Gasteiger partial charge < -0.3 is 41.3 Å². The monoisotopic (exact) mass is 826 g/mol. The third-order valence-corrected chi connectivity index (χ3v) is 11.1. The Kier molecular flexibility index (Phi) is 17.5. The van der Waals surface area contributed by atoms with Gasteiger partial charge in [-0.3, -0.25) is 28.8 Å². The lowest BCUT2D eigenvalue weighted by Gasteiger charge is -2.30. The predicted octanol–water partition coefficient (Wildman–Crippen LogP) is 2.72. The average Bonchev–Trinajstić information content (AvgIpc) is 3.81. The van der Waals surface area contributed by atoms with Crippen LogP contribution in [0.3, 0.4) is 0 Å². The van der Waals surface area contributed by atoms with Gasteiger partial charge in [0.05, 0.1) is 6.54 Å². The van der Waals surface area contributed by atoms with Crippen LogP contribution in [-0.4, -0.2) is 126 Å². The zero-order valence-corrected chi connectivity index (χ0v) is 34.5. The summed E-state index contributed by atoms with van der Waals surface area (Å²) in [7, 11) is 0. The topological polar surface area (TPSA) is 212 Å². The fourth-order valence-corrected chi connectivity index (χ4v) is 8.02. The van der Waals surface area contributed by atoms with Crippen LogP contribution in [0.25, 0.3) is 11.1 Å². The van der Waals surface area contributed by atoms with E-state index < -0.39 is 78.9 Å². The first-order valence-corrected chi connectivity index (χ1v) is 21.9. The highest BCUT2D eigenvalue weighted by Gasteiger charge is 2.39. The number of nitrogens with one attached hydrogen (secondary N) is 5. The third-order valence-electron chi connectivity index (χ3n) is 9.82. The van der Waals surface area contributed by atoms with Crippen molar-refractivity contribution in [1.82, 2.24) is 31.5 Å². The van der Waals surface area contributed by atoms with E-state index in [-0.39, 0.29) is 44.2 Å². The molecule has 0 aromatic heterocycles. The number of amides is 6. The normalized spacial score (nSPS) is 16.1. The summed E-state index contributed by atoms with van der Waals surface area (Å²) in [6, 6.07) is 12.1. The fraction of sp³-hybridized carbons (Fsp3) is 0.525. The molecule has 6 amide bonds. The number of carboxylic acids is 1. The van der Waals surface area contributed by atoms with Gasteiger partial charge in [0.2, 0.25) is 29.5 Å². The minimum absolute atomic E-state index is 0.0186. The molecule has 0 unspecified atom stereocenters. The van der Waals surface area contributed by atoms with Crippen LogP contribution in [0, 0.1) is 5.92 Å². The van der Waals surface area contributed by atoms with Crippen molar-refractivity contribution in [2.24, 2.45) is 5.92 Å². The van der Waals surface area contributed by atoms with Crippen LogP contribution in [0.15, 0.2) is 48.5 Å². The van der Waals surface area contributed by atoms with Crippen LogP contribution in [0.2, 0.25) is 0 Å². The minimum Gasteiger partial charge on any atom is -0.480 e. The lowest BCUT2D eigenvalue weighted by atomic mass is 9.98. The molecule has 17 heteroatoms. The quantitative estimate of drug-likeness (QED) is 0.108. The number of carbonyl (C=O) groups is 7. The van der Waals surface area contributed by atoms with E-state index in [1.807, 2.05) is 74.9 Å². The van der Waals surface area contributed by atoms with Gasteiger partial charge in [-0.05, 0) is 84.3 Å². The van der Waals surface area contributed by atoms with E-state index in [4.69, 9.17) is 9.84 Å². The maximum Gasteiger partial charge on any atom is 0.407 e. The number of carbonyl (C=O) groups excluding carboxylic acids is 6. The first kappa shape index (κ1) is 44.9. The summed E-state index contributed by atoms with van der Waals surface area (Å²) in [5.74, 6) is -3.16. The largest absolute Gasteiger partial charge is 0.480 e. The van der Waals surface area contributed by atoms with E-state index in [2.05, 4.69) is 26.6 Å². The Bertz CT molecular complexity index is 1720. The average molecular weight is 827 g/mol. The molecule has 6 N–H and O–H groups in total. The number of aliphatic carboxylic acids is 1. The number of likely N-dealkylation sites (tertiary alicyclic amines) is 1. The molecular weight excluding hydrogens is 773 g/mol. The molecule has 1 saturated heterocycles. The van der Waals surface area contributed by atoms with E-state index in [1.54, 1.807) is 0 Å². The Morgan fingerprint density at radius 1 is 0.789 bits per heavy atom. The van der Waals surface area contributed by atoms with E-state index in [0.717, 1.165) is 22.3 Å². The standard InChI is InChI=1S/C40H54N6O9S2/c1-24(2)20-32(39(53)46-17-9-14-33(46)38(52)44-30(15-18-56-3)36(50)42-22-35(48)49)43-34(47)21-41-37(51)31(16-19-57-4)45-40(54)55-23-29-27-12-7-5-10-25(27)26-11-6-8-13-28(26)29/h5-8,10-13,24,29-33H,9,14-23H2,1-4H3,(H,41,51)(H,42,50)(H,43,47)(H,44,52)(H,45,54)(H,48,49)/t30-,31-,32-,33-/m0/s1. The zero-order valence-electron chi connectivity index (χ0n) is 32.8. The Morgan fingerprint density at radius 2 is 1.35 bits per heavy atom. The van der Waals surface area contributed by atoms with Crippen LogP contribution in [0.5, 0.6) is 0 Å². The molecule has 0 bridgehead atoms. The number of ether oxygens (including phenoxy) is 1. The van der Waals surface area contributed by atoms with Crippen molar-refractivity contribution < 1.29 is 43.4 Å². The highest BCUT2D eigenvalue weighted by molar-refractivity contribution is 7.98. The van der Waals surface area contributed by atoms with Crippen LogP contribution < -0.4 is 26.6 Å². The van der Waals surface area contributed by atoms with Crippen molar-refractivity contribution in [2.45, 2.75) is 76.0 Å². The second-order valence-electron chi connectivity index (χ2n) is 14.4. The number of rotatable bonds is 21. The van der Waals surface area contributed by atoms with Crippen molar-refractivity contribution in [3.63, 3.8) is 0 Å². The summed E-state index contributed by atoms with van der Waals surface area (Å²) in [4.78, 5) is 92.1. The summed E-state index contributed by atoms with van der Waals surface area (Å²) in [5.41, 5.74) is 4.30. The van der Waals surface area contributed by atoms with E-state index >= 15 is 0 Å². The molecule has 310 valence electrons. The van der Waals surface area contributed by atoms with Crippen LogP contribution in [0.4, 0.5) is 4.79 Å². The number of hydrogen-bond donors (Lipinski definition) is 6. The van der Waals surface area contributed by atoms with Gasteiger partial charge in [0.1, 0.15) is 37.3 Å². The number of thioether (sulfide) groups is 2. The summed E-state index contributed by atoms with van der Waals surface area (Å²) < 4.78 is 5.66. The zero-order chi connectivity index (χ0) is 41.5. The smallest absolute Gasteiger partial charge is 0.407 e. The maximum atomic E-state index is 13.9. The number of fused-ring (bicyclic) bond motifs is 3. The second-order valence-corrected chi connectivity index (χ2v) is 16.4. The molecular formula is C40H54N6O9S2. The van der Waals surface area contributed by atoms with Crippen molar-refractivity contribution in [3.05, 3.63) is 59.7 Å². The van der Waals surface area contributed by atoms with Crippen molar-refractivity contribution in [2.75, 3.05) is 50.3 Å². The molecule has 0 spiro atoms. The number of carboxylic acid groups (broad SMARTS) is 1. The molecule has 1 aliphatic heterocycles. The molecule has 4 rings (SSSR count). The predicted molar refractivity (Wildman–Crippen MR) is 220 cm³/mol. The summed E-state index contributed by atoms with van der Waals surface area (Å²) in [6.07, 6.45) is 4.63. The third kappa shape index (κ3) is 12.9. The van der Waals surface area contributed by atoms with Crippen molar-refractivity contribution in [1.29, 1.82) is 0 Å². The molecule has 0 radical (unpaired) electrons. The Labute approximate surface area is 341 Å². The number of benzene rings is 2. The first-order valence-electron chi connectivity index (χ1n) is 19.1. The van der Waals surface area contributed by atoms with Crippen LogP contribution in [0.1, 0.15) is 63.0 Å². The molecule has 2 aromatic rings. The lowest BCUT2D eigenvalue weighted by Crippen LogP contribution is -2.57. The van der Waals surface area contributed by atoms with Crippen LogP contribution in [-0.2, 0) is 33.5 Å². The summed E-state index contributed by atoms with van der Waals surface area (Å²) in [6.45, 7) is 3.06. The van der Waals surface area contributed by atoms with Gasteiger partial charge in [-0.2, -0.15) is 23.5 Å². The van der Waals surface area contributed by atoms with Gasteiger partial charge in [-0.1, -0.05) is 62.4 Å². The minimum atomic E-state index is -1.22. The number of nitrogens with zero attached hydrogens (tertiary/aromatic N) is 1. The highest BCUT2D eigenvalue weighted by atomic mass is 32.2. The molecule has 4 atom stereocenters. The molecule has 15 nitrogen and oxygen atoms in total. The molecule has 1 heterocycles. The summed E-state index contributed by atoms with van der Waals surface area (Å²) >= 11 is 2.96. The lowest BCUT2D eigenvalue weighted by molar-refractivity contribution is -0.142. The van der Waals surface area contributed by atoms with E-state index in [0.29, 0.717) is 24.3 Å². The van der Waals surface area contributed by atoms with E-state index in [9.17, 15) is 33.6 Å². The van der Waals surface area contributed by atoms with Gasteiger partial charge in [-0.15, -0.1) is 0 Å². The number of hydrogen-bond acceptors (Lipinski definition) is 10. The molecule has 2 aromatic carbocycles. The van der Waals surface area contributed by atoms with Gasteiger partial charge in [0.15, 0.2) is 0 Å². The molecule has 0 saturated carbocycles. The molecule has 57 heavy (non-hydrogen) atoms. The van der Waals surface area contributed by atoms with Gasteiger partial charge >= 0.3 is 12.1 Å². The molecule has 2 aliphatic rings. The second kappa shape index (κ2) is 22.2. The van der Waals surface area contributed by atoms with Crippen molar-refractivity contribution >= 4 is 65.1 Å². The Balaban J connectivity index is 1.33. The molecule has 1 fully saturated rings. The number of alkyl carbamates (subject to hydrolysis) is 1.